The molecule has 1 aliphatic rings. The van der Waals surface area contributed by atoms with Gasteiger partial charge < -0.3 is 10.5 Å². The predicted octanol–water partition coefficient (Wildman–Crippen LogP) is 2.27. The largest absolute Gasteiger partial charge is 0.322 e. The lowest BCUT2D eigenvalue weighted by atomic mass is 9.90. The third-order valence-corrected chi connectivity index (χ3v) is 3.95. The number of benzene rings is 2. The Morgan fingerprint density at radius 2 is 1.80 bits per heavy atom. The quantitative estimate of drug-likeness (QED) is 0.867. The normalized spacial score (nSPS) is 22.2. The number of fused-ring (bicyclic) bond motifs is 1. The Bertz CT molecular complexity index is 597. The van der Waals surface area contributed by atoms with Crippen LogP contribution in [-0.4, -0.2) is 17.2 Å². The van der Waals surface area contributed by atoms with E-state index in [0.717, 1.165) is 24.9 Å². The molecular formula is C17H18N2O. The summed E-state index contributed by atoms with van der Waals surface area (Å²) in [6.07, 6.45) is 0.976. The average Bonchev–Trinajstić information content (AvgIpc) is 2.49. The lowest BCUT2D eigenvalue weighted by Crippen LogP contribution is -2.47. The van der Waals surface area contributed by atoms with Gasteiger partial charge in [-0.3, -0.25) is 4.90 Å². The summed E-state index contributed by atoms with van der Waals surface area (Å²) in [4.78, 5) is 13.6. The van der Waals surface area contributed by atoms with E-state index in [1.54, 1.807) is 0 Å². The molecule has 102 valence electrons. The summed E-state index contributed by atoms with van der Waals surface area (Å²) in [5.41, 5.74) is 9.78. The SMILES string of the molecule is NC1c2ccccc2CN(Cc2ccccc2)C1C=O. The lowest BCUT2D eigenvalue weighted by molar-refractivity contribution is -0.114. The standard InChI is InChI=1S/C17H18N2O/c18-17-15-9-5-4-8-14(15)11-19(16(17)12-20)10-13-6-2-1-3-7-13/h1-9,12,16-17H,10-11,18H2. The molecule has 0 aromatic heterocycles. The molecule has 3 heteroatoms. The highest BCUT2D eigenvalue weighted by Crippen LogP contribution is 2.30. The first-order chi connectivity index (χ1) is 9.79. The Labute approximate surface area is 119 Å². The summed E-state index contributed by atoms with van der Waals surface area (Å²) in [6.45, 7) is 1.51. The molecular weight excluding hydrogens is 248 g/mol. The van der Waals surface area contributed by atoms with Crippen LogP contribution in [0.1, 0.15) is 22.7 Å². The number of aldehydes is 1. The number of nitrogens with two attached hydrogens (primary N) is 1. The van der Waals surface area contributed by atoms with Crippen molar-refractivity contribution in [3.8, 4) is 0 Å². The summed E-state index contributed by atoms with van der Waals surface area (Å²) >= 11 is 0. The van der Waals surface area contributed by atoms with Crippen molar-refractivity contribution < 1.29 is 4.79 Å². The first-order valence-electron chi connectivity index (χ1n) is 6.86. The van der Waals surface area contributed by atoms with Crippen LogP contribution in [0, 0.1) is 0 Å². The molecule has 2 atom stereocenters. The molecule has 2 unspecified atom stereocenters. The van der Waals surface area contributed by atoms with Gasteiger partial charge in [0, 0.05) is 13.1 Å². The molecule has 20 heavy (non-hydrogen) atoms. The molecule has 3 rings (SSSR count). The molecule has 0 radical (unpaired) electrons. The van der Waals surface area contributed by atoms with Crippen molar-refractivity contribution in [2.45, 2.75) is 25.2 Å². The highest BCUT2D eigenvalue weighted by atomic mass is 16.1. The zero-order valence-electron chi connectivity index (χ0n) is 11.3. The maximum atomic E-state index is 11.5. The van der Waals surface area contributed by atoms with Crippen LogP contribution in [0.15, 0.2) is 54.6 Å². The number of hydrogen-bond acceptors (Lipinski definition) is 3. The number of nitrogens with zero attached hydrogens (tertiary/aromatic N) is 1. The highest BCUT2D eigenvalue weighted by Gasteiger charge is 2.32. The van der Waals surface area contributed by atoms with Gasteiger partial charge in [-0.05, 0) is 16.7 Å². The maximum Gasteiger partial charge on any atom is 0.139 e. The van der Waals surface area contributed by atoms with Gasteiger partial charge in [-0.2, -0.15) is 0 Å². The molecule has 0 amide bonds. The Hall–Kier alpha value is -1.97. The molecule has 3 nitrogen and oxygen atoms in total. The predicted molar refractivity (Wildman–Crippen MR) is 78.9 cm³/mol. The van der Waals surface area contributed by atoms with Crippen LogP contribution in [0.2, 0.25) is 0 Å². The van der Waals surface area contributed by atoms with E-state index in [1.807, 2.05) is 36.4 Å². The van der Waals surface area contributed by atoms with Crippen LogP contribution in [0.3, 0.4) is 0 Å². The Kier molecular flexibility index (Phi) is 3.63. The van der Waals surface area contributed by atoms with Crippen LogP contribution in [-0.2, 0) is 17.9 Å². The highest BCUT2D eigenvalue weighted by molar-refractivity contribution is 5.61. The fraction of sp³-hybridized carbons (Fsp3) is 0.235. The van der Waals surface area contributed by atoms with Gasteiger partial charge in [0.15, 0.2) is 0 Å². The molecule has 0 saturated heterocycles. The van der Waals surface area contributed by atoms with Crippen LogP contribution < -0.4 is 5.73 Å². The molecule has 1 aliphatic heterocycles. The minimum absolute atomic E-state index is 0.249. The van der Waals surface area contributed by atoms with E-state index in [4.69, 9.17) is 5.73 Å². The fourth-order valence-electron chi connectivity index (χ4n) is 2.89. The molecule has 2 aromatic carbocycles. The number of hydrogen-bond donors (Lipinski definition) is 1. The zero-order valence-corrected chi connectivity index (χ0v) is 11.3. The van der Waals surface area contributed by atoms with Gasteiger partial charge in [0.2, 0.25) is 0 Å². The van der Waals surface area contributed by atoms with E-state index in [0.29, 0.717) is 0 Å². The number of carbonyl (C=O) groups excluding carboxylic acids is 1. The van der Waals surface area contributed by atoms with Gasteiger partial charge >= 0.3 is 0 Å². The van der Waals surface area contributed by atoms with Gasteiger partial charge in [0.1, 0.15) is 6.29 Å². The van der Waals surface area contributed by atoms with Gasteiger partial charge in [-0.25, -0.2) is 0 Å². The molecule has 0 spiro atoms. The third kappa shape index (κ3) is 2.38. The van der Waals surface area contributed by atoms with Gasteiger partial charge in [0.05, 0.1) is 12.1 Å². The smallest absolute Gasteiger partial charge is 0.139 e. The molecule has 2 N–H and O–H groups in total. The van der Waals surface area contributed by atoms with Gasteiger partial charge in [-0.15, -0.1) is 0 Å². The van der Waals surface area contributed by atoms with Crippen LogP contribution in [0.5, 0.6) is 0 Å². The summed E-state index contributed by atoms with van der Waals surface area (Å²) in [5, 5.41) is 0. The van der Waals surface area contributed by atoms with Gasteiger partial charge in [-0.1, -0.05) is 54.6 Å². The lowest BCUT2D eigenvalue weighted by Gasteiger charge is -2.38. The first-order valence-corrected chi connectivity index (χ1v) is 6.86. The van der Waals surface area contributed by atoms with E-state index in [1.165, 1.54) is 11.1 Å². The van der Waals surface area contributed by atoms with Crippen LogP contribution in [0.4, 0.5) is 0 Å². The fourth-order valence-corrected chi connectivity index (χ4v) is 2.89. The second-order valence-corrected chi connectivity index (χ2v) is 5.24. The third-order valence-electron chi connectivity index (χ3n) is 3.95. The monoisotopic (exact) mass is 266 g/mol. The van der Waals surface area contributed by atoms with Crippen LogP contribution >= 0.6 is 0 Å². The molecule has 2 aromatic rings. The van der Waals surface area contributed by atoms with Crippen molar-refractivity contribution in [3.05, 3.63) is 71.3 Å². The first kappa shape index (κ1) is 13.0. The van der Waals surface area contributed by atoms with E-state index in [-0.39, 0.29) is 12.1 Å². The summed E-state index contributed by atoms with van der Waals surface area (Å²) in [5.74, 6) is 0. The molecule has 0 saturated carbocycles. The topological polar surface area (TPSA) is 46.3 Å². The minimum atomic E-state index is -0.259. The summed E-state index contributed by atoms with van der Waals surface area (Å²) < 4.78 is 0. The van der Waals surface area contributed by atoms with Crippen molar-refractivity contribution in [2.24, 2.45) is 5.73 Å². The Morgan fingerprint density at radius 3 is 2.55 bits per heavy atom. The molecule has 0 bridgehead atoms. The molecule has 1 heterocycles. The van der Waals surface area contributed by atoms with Crippen molar-refractivity contribution in [2.75, 3.05) is 0 Å². The van der Waals surface area contributed by atoms with E-state index < -0.39 is 0 Å². The van der Waals surface area contributed by atoms with Crippen molar-refractivity contribution in [3.63, 3.8) is 0 Å². The Balaban J connectivity index is 1.90. The number of rotatable bonds is 3. The average molecular weight is 266 g/mol. The van der Waals surface area contributed by atoms with Crippen molar-refractivity contribution in [1.82, 2.24) is 4.90 Å². The molecule has 0 fully saturated rings. The second kappa shape index (κ2) is 5.57. The van der Waals surface area contributed by atoms with Crippen molar-refractivity contribution >= 4 is 6.29 Å². The summed E-state index contributed by atoms with van der Waals surface area (Å²) in [7, 11) is 0. The second-order valence-electron chi connectivity index (χ2n) is 5.24. The Morgan fingerprint density at radius 1 is 1.10 bits per heavy atom. The zero-order chi connectivity index (χ0) is 13.9. The van der Waals surface area contributed by atoms with Crippen LogP contribution in [0.25, 0.3) is 0 Å². The summed E-state index contributed by atoms with van der Waals surface area (Å²) in [6, 6.07) is 17.8. The van der Waals surface area contributed by atoms with Crippen molar-refractivity contribution in [1.29, 1.82) is 0 Å². The molecule has 0 aliphatic carbocycles. The van der Waals surface area contributed by atoms with Gasteiger partial charge in [0.25, 0.3) is 0 Å². The maximum absolute atomic E-state index is 11.5. The minimum Gasteiger partial charge on any atom is -0.322 e. The van der Waals surface area contributed by atoms with E-state index in [2.05, 4.69) is 23.1 Å². The van der Waals surface area contributed by atoms with E-state index >= 15 is 0 Å². The number of carbonyl (C=O) groups is 1. The van der Waals surface area contributed by atoms with E-state index in [9.17, 15) is 4.79 Å².